The zero-order valence-electron chi connectivity index (χ0n) is 17.1. The average molecular weight is 403 g/mol. The highest BCUT2D eigenvalue weighted by atomic mass is 19.1. The molecule has 0 atom stereocenters. The number of aromatic nitrogens is 2. The van der Waals surface area contributed by atoms with Crippen LogP contribution in [0.2, 0.25) is 0 Å². The summed E-state index contributed by atoms with van der Waals surface area (Å²) in [6, 6.07) is 14.2. The van der Waals surface area contributed by atoms with Crippen molar-refractivity contribution in [1.29, 1.82) is 0 Å². The van der Waals surface area contributed by atoms with Gasteiger partial charge in [-0.15, -0.1) is 0 Å². The van der Waals surface area contributed by atoms with E-state index in [2.05, 4.69) is 22.4 Å². The number of pyridine rings is 1. The van der Waals surface area contributed by atoms with Crippen LogP contribution < -0.4 is 10.1 Å². The van der Waals surface area contributed by atoms with Crippen molar-refractivity contribution < 1.29 is 13.9 Å². The molecule has 1 N–H and O–H groups in total. The number of nitrogens with zero attached hydrogens (tertiary/aromatic N) is 2. The van der Waals surface area contributed by atoms with E-state index in [0.717, 1.165) is 28.0 Å². The summed E-state index contributed by atoms with van der Waals surface area (Å²) in [7, 11) is 1.67. The third-order valence-corrected chi connectivity index (χ3v) is 5.02. The molecule has 2 heterocycles. The number of nitrogens with one attached hydrogen (secondary N) is 1. The van der Waals surface area contributed by atoms with E-state index in [9.17, 15) is 9.18 Å². The molecule has 0 bridgehead atoms. The molecule has 152 valence electrons. The minimum Gasteiger partial charge on any atom is -0.496 e. The molecule has 0 radical (unpaired) electrons. The van der Waals surface area contributed by atoms with Gasteiger partial charge in [-0.1, -0.05) is 12.1 Å². The first-order valence-electron chi connectivity index (χ1n) is 9.61. The zero-order valence-corrected chi connectivity index (χ0v) is 17.1. The van der Waals surface area contributed by atoms with E-state index in [-0.39, 0.29) is 18.3 Å². The van der Waals surface area contributed by atoms with Crippen molar-refractivity contribution in [1.82, 2.24) is 14.7 Å². The van der Waals surface area contributed by atoms with Crippen molar-refractivity contribution in [3.8, 4) is 16.9 Å². The summed E-state index contributed by atoms with van der Waals surface area (Å²) in [5, 5.41) is 2.78. The molecule has 6 heteroatoms. The van der Waals surface area contributed by atoms with Crippen molar-refractivity contribution in [3.05, 3.63) is 89.1 Å². The van der Waals surface area contributed by atoms with Crippen LogP contribution in [-0.4, -0.2) is 22.4 Å². The van der Waals surface area contributed by atoms with Crippen molar-refractivity contribution in [2.24, 2.45) is 0 Å². The van der Waals surface area contributed by atoms with Crippen LogP contribution in [0, 0.1) is 19.7 Å². The predicted octanol–water partition coefficient (Wildman–Crippen LogP) is 4.70. The van der Waals surface area contributed by atoms with Gasteiger partial charge in [-0.05, 0) is 78.1 Å². The van der Waals surface area contributed by atoms with Crippen molar-refractivity contribution >= 4 is 11.6 Å². The van der Waals surface area contributed by atoms with E-state index in [4.69, 9.17) is 4.74 Å². The molecular weight excluding hydrogens is 381 g/mol. The summed E-state index contributed by atoms with van der Waals surface area (Å²) >= 11 is 0. The number of carbonyl (C=O) groups is 1. The number of hydrogen-bond acceptors (Lipinski definition) is 3. The first-order valence-corrected chi connectivity index (χ1v) is 9.61. The molecule has 0 unspecified atom stereocenters. The molecule has 0 saturated heterocycles. The smallest absolute Gasteiger partial charge is 0.271 e. The minimum absolute atomic E-state index is 0.236. The fraction of sp³-hybridized carbons (Fsp3) is 0.167. The van der Waals surface area contributed by atoms with Gasteiger partial charge in [0.1, 0.15) is 22.9 Å². The van der Waals surface area contributed by atoms with Gasteiger partial charge in [-0.2, -0.15) is 0 Å². The molecular formula is C24H22FN3O2. The van der Waals surface area contributed by atoms with Gasteiger partial charge in [0.15, 0.2) is 0 Å². The van der Waals surface area contributed by atoms with Crippen LogP contribution in [0.25, 0.3) is 16.8 Å². The second-order valence-corrected chi connectivity index (χ2v) is 7.27. The number of rotatable bonds is 5. The Bertz CT molecular complexity index is 1220. The molecule has 5 nitrogen and oxygen atoms in total. The molecule has 4 aromatic rings. The molecule has 0 aliphatic heterocycles. The van der Waals surface area contributed by atoms with Gasteiger partial charge in [0.2, 0.25) is 0 Å². The Labute approximate surface area is 174 Å². The van der Waals surface area contributed by atoms with E-state index in [1.54, 1.807) is 25.4 Å². The summed E-state index contributed by atoms with van der Waals surface area (Å²) in [5.74, 6) is 0.256. The number of halogens is 1. The summed E-state index contributed by atoms with van der Waals surface area (Å²) in [4.78, 5) is 16.9. The Balaban J connectivity index is 1.57. The first-order chi connectivity index (χ1) is 14.4. The van der Waals surface area contributed by atoms with Crippen molar-refractivity contribution in [2.45, 2.75) is 20.4 Å². The normalized spacial score (nSPS) is 10.9. The molecule has 0 saturated carbocycles. The largest absolute Gasteiger partial charge is 0.496 e. The summed E-state index contributed by atoms with van der Waals surface area (Å²) in [5.41, 5.74) is 5.90. The first kappa shape index (κ1) is 19.6. The van der Waals surface area contributed by atoms with Gasteiger partial charge in [0, 0.05) is 18.9 Å². The number of hydrogen-bond donors (Lipinski definition) is 1. The van der Waals surface area contributed by atoms with E-state index in [0.29, 0.717) is 16.9 Å². The number of benzene rings is 2. The number of carbonyl (C=O) groups excluding carboxylic acids is 1. The molecule has 0 fully saturated rings. The number of aryl methyl sites for hydroxylation is 2. The lowest BCUT2D eigenvalue weighted by Gasteiger charge is -2.11. The topological polar surface area (TPSA) is 55.6 Å². The molecule has 0 aliphatic carbocycles. The number of ether oxygens (including phenoxy) is 1. The Kier molecular flexibility index (Phi) is 5.23. The number of fused-ring (bicyclic) bond motifs is 1. The predicted molar refractivity (Wildman–Crippen MR) is 114 cm³/mol. The Hall–Kier alpha value is -3.67. The molecule has 2 aromatic carbocycles. The Morgan fingerprint density at radius 2 is 1.83 bits per heavy atom. The van der Waals surface area contributed by atoms with Crippen LogP contribution in [0.1, 0.15) is 27.2 Å². The third kappa shape index (κ3) is 3.89. The minimum atomic E-state index is -0.328. The highest BCUT2D eigenvalue weighted by molar-refractivity contribution is 5.92. The lowest BCUT2D eigenvalue weighted by Crippen LogP contribution is -2.23. The molecule has 4 rings (SSSR count). The molecule has 30 heavy (non-hydrogen) atoms. The van der Waals surface area contributed by atoms with Crippen LogP contribution >= 0.6 is 0 Å². The molecule has 0 spiro atoms. The van der Waals surface area contributed by atoms with E-state index >= 15 is 0 Å². The van der Waals surface area contributed by atoms with Gasteiger partial charge >= 0.3 is 0 Å². The van der Waals surface area contributed by atoms with Crippen LogP contribution in [-0.2, 0) is 6.54 Å². The quantitative estimate of drug-likeness (QED) is 0.526. The second-order valence-electron chi connectivity index (χ2n) is 7.27. The summed E-state index contributed by atoms with van der Waals surface area (Å²) < 4.78 is 20.6. The highest BCUT2D eigenvalue weighted by Crippen LogP contribution is 2.30. The number of amides is 1. The van der Waals surface area contributed by atoms with E-state index in [1.165, 1.54) is 12.1 Å². The maximum Gasteiger partial charge on any atom is 0.271 e. The lowest BCUT2D eigenvalue weighted by molar-refractivity contribution is 0.0946. The Morgan fingerprint density at radius 1 is 1.07 bits per heavy atom. The summed E-state index contributed by atoms with van der Waals surface area (Å²) in [6.07, 6.45) is 3.65. The summed E-state index contributed by atoms with van der Waals surface area (Å²) in [6.45, 7) is 4.28. The van der Waals surface area contributed by atoms with Gasteiger partial charge in [0.05, 0.1) is 7.11 Å². The SMILES string of the molecule is COc1c(C)cc(-c2ccc3nc(C(=O)NCc4cccc(F)c4)cn3c2)cc1C. The molecule has 1 amide bonds. The standard InChI is InChI=1S/C24H22FN3O2/c1-15-9-19(10-16(2)23(15)30-3)18-7-8-22-27-21(14-28(22)13-18)24(29)26-12-17-5-4-6-20(25)11-17/h4-11,13-14H,12H2,1-3H3,(H,26,29). The average Bonchev–Trinajstić information content (AvgIpc) is 3.15. The zero-order chi connectivity index (χ0) is 21.3. The maximum atomic E-state index is 13.3. The third-order valence-electron chi connectivity index (χ3n) is 5.02. The monoisotopic (exact) mass is 403 g/mol. The van der Waals surface area contributed by atoms with Crippen LogP contribution in [0.3, 0.4) is 0 Å². The van der Waals surface area contributed by atoms with Crippen molar-refractivity contribution in [3.63, 3.8) is 0 Å². The number of imidazole rings is 1. The van der Waals surface area contributed by atoms with E-state index in [1.807, 2.05) is 36.6 Å². The van der Waals surface area contributed by atoms with Crippen LogP contribution in [0.4, 0.5) is 4.39 Å². The van der Waals surface area contributed by atoms with Crippen LogP contribution in [0.5, 0.6) is 5.75 Å². The van der Waals surface area contributed by atoms with Gasteiger partial charge < -0.3 is 14.5 Å². The van der Waals surface area contributed by atoms with Gasteiger partial charge in [-0.25, -0.2) is 9.37 Å². The highest BCUT2D eigenvalue weighted by Gasteiger charge is 2.12. The maximum absolute atomic E-state index is 13.3. The van der Waals surface area contributed by atoms with E-state index < -0.39 is 0 Å². The molecule has 2 aromatic heterocycles. The van der Waals surface area contributed by atoms with Gasteiger partial charge in [-0.3, -0.25) is 4.79 Å². The van der Waals surface area contributed by atoms with Gasteiger partial charge in [0.25, 0.3) is 5.91 Å². The fourth-order valence-corrected chi connectivity index (χ4v) is 3.63. The van der Waals surface area contributed by atoms with Crippen LogP contribution in [0.15, 0.2) is 60.9 Å². The lowest BCUT2D eigenvalue weighted by atomic mass is 10.0. The number of methoxy groups -OCH3 is 1. The van der Waals surface area contributed by atoms with Crippen molar-refractivity contribution in [2.75, 3.05) is 7.11 Å². The fourth-order valence-electron chi connectivity index (χ4n) is 3.63. The Morgan fingerprint density at radius 3 is 2.53 bits per heavy atom. The molecule has 0 aliphatic rings. The second kappa shape index (κ2) is 7.99.